The van der Waals surface area contributed by atoms with Crippen LogP contribution in [-0.2, 0) is 0 Å². The molecule has 1 N–H and O–H groups in total. The molecule has 0 aromatic heterocycles. The lowest BCUT2D eigenvalue weighted by molar-refractivity contribution is 0.644. The summed E-state index contributed by atoms with van der Waals surface area (Å²) in [6, 6.07) is 6.71. The van der Waals surface area contributed by atoms with Crippen molar-refractivity contribution < 1.29 is 0 Å². The van der Waals surface area contributed by atoms with Crippen LogP contribution < -0.4 is 5.32 Å². The Kier molecular flexibility index (Phi) is 4.24. The molecule has 0 unspecified atom stereocenters. The van der Waals surface area contributed by atoms with Crippen molar-refractivity contribution in [3.8, 4) is 0 Å². The van der Waals surface area contributed by atoms with Gasteiger partial charge < -0.3 is 5.32 Å². The van der Waals surface area contributed by atoms with E-state index in [1.165, 1.54) is 24.0 Å². The van der Waals surface area contributed by atoms with Crippen LogP contribution in [0.15, 0.2) is 18.2 Å². The smallest absolute Gasteiger partial charge is 0.0408 e. The molecule has 1 atom stereocenters. The molecule has 1 aliphatic rings. The summed E-state index contributed by atoms with van der Waals surface area (Å²) in [5.74, 6) is 0. The van der Waals surface area contributed by atoms with Crippen LogP contribution >= 0.6 is 24.0 Å². The summed E-state index contributed by atoms with van der Waals surface area (Å²) in [6.07, 6.45) is 2.54. The minimum atomic E-state index is 0. The Morgan fingerprint density at radius 1 is 1.43 bits per heavy atom. The number of halogens is 2. The number of nitrogens with one attached hydrogen (secondary N) is 1. The van der Waals surface area contributed by atoms with E-state index in [1.807, 2.05) is 12.1 Å². The van der Waals surface area contributed by atoms with Gasteiger partial charge in [-0.15, -0.1) is 12.4 Å². The minimum absolute atomic E-state index is 0. The molecule has 1 aromatic rings. The summed E-state index contributed by atoms with van der Waals surface area (Å²) < 4.78 is 0. The van der Waals surface area contributed by atoms with Crippen LogP contribution in [0, 0.1) is 6.92 Å². The Morgan fingerprint density at radius 2 is 2.21 bits per heavy atom. The number of aryl methyl sites for hydroxylation is 1. The van der Waals surface area contributed by atoms with Crippen molar-refractivity contribution in [2.75, 3.05) is 6.54 Å². The highest BCUT2D eigenvalue weighted by molar-refractivity contribution is 6.30. The maximum atomic E-state index is 5.90. The van der Waals surface area contributed by atoms with Gasteiger partial charge in [0.15, 0.2) is 0 Å². The lowest BCUT2D eigenvalue weighted by atomic mass is 10.0. The summed E-state index contributed by atoms with van der Waals surface area (Å²) in [5, 5.41) is 4.32. The summed E-state index contributed by atoms with van der Waals surface area (Å²) in [5.41, 5.74) is 2.70. The molecule has 3 heteroatoms. The second kappa shape index (κ2) is 5.01. The third kappa shape index (κ3) is 2.41. The van der Waals surface area contributed by atoms with Crippen molar-refractivity contribution in [1.29, 1.82) is 0 Å². The van der Waals surface area contributed by atoms with E-state index in [9.17, 15) is 0 Å². The first-order valence-electron chi connectivity index (χ1n) is 4.77. The van der Waals surface area contributed by atoms with Gasteiger partial charge in [-0.05, 0) is 49.6 Å². The lowest BCUT2D eigenvalue weighted by Gasteiger charge is -2.13. The molecule has 0 aliphatic carbocycles. The number of hydrogen-bond donors (Lipinski definition) is 1. The number of benzene rings is 1. The van der Waals surface area contributed by atoms with Crippen LogP contribution in [0.3, 0.4) is 0 Å². The standard InChI is InChI=1S/C11H14ClN.ClH/c1-8-7-9(12)4-5-10(8)11-3-2-6-13-11;/h4-5,7,11,13H,2-3,6H2,1H3;1H/t11-;/m0./s1. The van der Waals surface area contributed by atoms with E-state index in [0.717, 1.165) is 11.6 Å². The van der Waals surface area contributed by atoms with Gasteiger partial charge in [0.1, 0.15) is 0 Å². The molecule has 0 radical (unpaired) electrons. The molecule has 1 aliphatic heterocycles. The quantitative estimate of drug-likeness (QED) is 0.781. The first-order valence-corrected chi connectivity index (χ1v) is 5.14. The average Bonchev–Trinajstić information content (AvgIpc) is 2.56. The van der Waals surface area contributed by atoms with Crippen molar-refractivity contribution in [1.82, 2.24) is 5.32 Å². The molecule has 0 spiro atoms. The molecule has 2 rings (SSSR count). The second-order valence-corrected chi connectivity index (χ2v) is 4.09. The Balaban J connectivity index is 0.000000980. The molecule has 1 aromatic carbocycles. The van der Waals surface area contributed by atoms with Crippen LogP contribution in [0.1, 0.15) is 30.0 Å². The van der Waals surface area contributed by atoms with Crippen molar-refractivity contribution in [2.45, 2.75) is 25.8 Å². The van der Waals surface area contributed by atoms with E-state index in [0.29, 0.717) is 6.04 Å². The lowest BCUT2D eigenvalue weighted by Crippen LogP contribution is -2.13. The fourth-order valence-corrected chi connectivity index (χ4v) is 2.21. The Bertz CT molecular complexity index is 306. The Morgan fingerprint density at radius 3 is 2.79 bits per heavy atom. The third-order valence-corrected chi connectivity index (χ3v) is 2.90. The van der Waals surface area contributed by atoms with Gasteiger partial charge in [0.05, 0.1) is 0 Å². The molecule has 1 saturated heterocycles. The van der Waals surface area contributed by atoms with Crippen LogP contribution in [-0.4, -0.2) is 6.54 Å². The number of hydrogen-bond acceptors (Lipinski definition) is 1. The van der Waals surface area contributed by atoms with E-state index < -0.39 is 0 Å². The highest BCUT2D eigenvalue weighted by Crippen LogP contribution is 2.27. The van der Waals surface area contributed by atoms with Gasteiger partial charge >= 0.3 is 0 Å². The monoisotopic (exact) mass is 231 g/mol. The summed E-state index contributed by atoms with van der Waals surface area (Å²) in [6.45, 7) is 3.27. The summed E-state index contributed by atoms with van der Waals surface area (Å²) in [4.78, 5) is 0. The van der Waals surface area contributed by atoms with E-state index in [4.69, 9.17) is 11.6 Å². The zero-order chi connectivity index (χ0) is 9.26. The van der Waals surface area contributed by atoms with Crippen LogP contribution in [0.25, 0.3) is 0 Å². The fourth-order valence-electron chi connectivity index (χ4n) is 1.98. The van der Waals surface area contributed by atoms with Crippen LogP contribution in [0.5, 0.6) is 0 Å². The fraction of sp³-hybridized carbons (Fsp3) is 0.455. The zero-order valence-corrected chi connectivity index (χ0v) is 9.79. The Labute approximate surface area is 96.3 Å². The molecular formula is C11H15Cl2N. The van der Waals surface area contributed by atoms with Crippen molar-refractivity contribution in [2.24, 2.45) is 0 Å². The SMILES string of the molecule is Cc1cc(Cl)ccc1[C@@H]1CCCN1.Cl. The molecule has 1 fully saturated rings. The van der Waals surface area contributed by atoms with Gasteiger partial charge in [-0.1, -0.05) is 17.7 Å². The molecule has 1 heterocycles. The first-order chi connectivity index (χ1) is 6.27. The predicted molar refractivity (Wildman–Crippen MR) is 63.4 cm³/mol. The van der Waals surface area contributed by atoms with Crippen molar-refractivity contribution in [3.05, 3.63) is 34.3 Å². The van der Waals surface area contributed by atoms with Gasteiger partial charge in [-0.2, -0.15) is 0 Å². The predicted octanol–water partition coefficient (Wildman–Crippen LogP) is 3.49. The van der Waals surface area contributed by atoms with Crippen molar-refractivity contribution >= 4 is 24.0 Å². The molecule has 1 nitrogen and oxygen atoms in total. The Hall–Kier alpha value is -0.240. The second-order valence-electron chi connectivity index (χ2n) is 3.65. The molecule has 0 amide bonds. The first kappa shape index (κ1) is 11.8. The molecule has 78 valence electrons. The molecular weight excluding hydrogens is 217 g/mol. The summed E-state index contributed by atoms with van der Waals surface area (Å²) >= 11 is 5.90. The largest absolute Gasteiger partial charge is 0.310 e. The van der Waals surface area contributed by atoms with E-state index in [-0.39, 0.29) is 12.4 Å². The maximum Gasteiger partial charge on any atom is 0.0408 e. The molecule has 14 heavy (non-hydrogen) atoms. The summed E-state index contributed by atoms with van der Waals surface area (Å²) in [7, 11) is 0. The van der Waals surface area contributed by atoms with Gasteiger partial charge in [0.25, 0.3) is 0 Å². The minimum Gasteiger partial charge on any atom is -0.310 e. The highest BCUT2D eigenvalue weighted by Gasteiger charge is 2.17. The van der Waals surface area contributed by atoms with Crippen LogP contribution in [0.2, 0.25) is 5.02 Å². The highest BCUT2D eigenvalue weighted by atomic mass is 35.5. The number of rotatable bonds is 1. The third-order valence-electron chi connectivity index (χ3n) is 2.67. The van der Waals surface area contributed by atoms with Gasteiger partial charge in [0, 0.05) is 11.1 Å². The maximum absolute atomic E-state index is 5.90. The average molecular weight is 232 g/mol. The normalized spacial score (nSPS) is 20.6. The van der Waals surface area contributed by atoms with Gasteiger partial charge in [-0.3, -0.25) is 0 Å². The van der Waals surface area contributed by atoms with E-state index in [1.54, 1.807) is 0 Å². The van der Waals surface area contributed by atoms with Crippen LogP contribution in [0.4, 0.5) is 0 Å². The van der Waals surface area contributed by atoms with Crippen molar-refractivity contribution in [3.63, 3.8) is 0 Å². The zero-order valence-electron chi connectivity index (χ0n) is 8.22. The van der Waals surface area contributed by atoms with E-state index >= 15 is 0 Å². The topological polar surface area (TPSA) is 12.0 Å². The van der Waals surface area contributed by atoms with Gasteiger partial charge in [-0.25, -0.2) is 0 Å². The van der Waals surface area contributed by atoms with Gasteiger partial charge in [0.2, 0.25) is 0 Å². The molecule has 0 saturated carbocycles. The molecule has 0 bridgehead atoms. The van der Waals surface area contributed by atoms with E-state index in [2.05, 4.69) is 18.3 Å².